The smallest absolute Gasteiger partial charge is 0.261 e. The summed E-state index contributed by atoms with van der Waals surface area (Å²) < 4.78 is 0.760. The van der Waals surface area contributed by atoms with Gasteiger partial charge in [0.05, 0.1) is 11.1 Å². The van der Waals surface area contributed by atoms with Gasteiger partial charge in [-0.05, 0) is 43.4 Å². The molecular weight excluding hydrogens is 410 g/mol. The van der Waals surface area contributed by atoms with E-state index in [1.807, 2.05) is 0 Å². The van der Waals surface area contributed by atoms with Gasteiger partial charge in [0.25, 0.3) is 11.8 Å². The molecule has 0 bridgehead atoms. The molecule has 136 valence electrons. The molecule has 3 rings (SSSR count). The third-order valence-corrected chi connectivity index (χ3v) is 4.97. The Morgan fingerprint density at radius 3 is 2.64 bits per heavy atom. The summed E-state index contributed by atoms with van der Waals surface area (Å²) in [5.41, 5.74) is 6.77. The summed E-state index contributed by atoms with van der Waals surface area (Å²) in [7, 11) is 0. The van der Waals surface area contributed by atoms with Crippen molar-refractivity contribution in [2.45, 2.75) is 31.7 Å². The van der Waals surface area contributed by atoms with E-state index >= 15 is 0 Å². The monoisotopic (exact) mass is 429 g/mol. The van der Waals surface area contributed by atoms with E-state index < -0.39 is 0 Å². The fourth-order valence-electron chi connectivity index (χ4n) is 2.87. The predicted octanol–water partition coefficient (Wildman–Crippen LogP) is 2.10. The maximum Gasteiger partial charge on any atom is 0.261 e. The first-order valence-electron chi connectivity index (χ1n) is 8.15. The van der Waals surface area contributed by atoms with Gasteiger partial charge in [-0.1, -0.05) is 15.9 Å². The Balaban J connectivity index is 0.00000225. The van der Waals surface area contributed by atoms with Crippen molar-refractivity contribution in [1.29, 1.82) is 0 Å². The van der Waals surface area contributed by atoms with Gasteiger partial charge in [-0.2, -0.15) is 0 Å². The average molecular weight is 431 g/mol. The largest absolute Gasteiger partial charge is 0.355 e. The summed E-state index contributed by atoms with van der Waals surface area (Å²) in [5.74, 6) is -0.139. The molecule has 6 nitrogen and oxygen atoms in total. The lowest BCUT2D eigenvalue weighted by atomic mass is 10.1. The van der Waals surface area contributed by atoms with Crippen molar-refractivity contribution in [3.8, 4) is 0 Å². The second-order valence-corrected chi connectivity index (χ2v) is 7.28. The lowest BCUT2D eigenvalue weighted by molar-refractivity contribution is -0.121. The van der Waals surface area contributed by atoms with Crippen LogP contribution in [0.5, 0.6) is 0 Å². The third kappa shape index (κ3) is 4.59. The van der Waals surface area contributed by atoms with Crippen LogP contribution in [0.1, 0.15) is 46.4 Å². The van der Waals surface area contributed by atoms with Gasteiger partial charge in [-0.25, -0.2) is 0 Å². The Morgan fingerprint density at radius 1 is 1.28 bits per heavy atom. The van der Waals surface area contributed by atoms with Crippen LogP contribution in [0.15, 0.2) is 22.7 Å². The number of fused-ring (bicyclic) bond motifs is 1. The molecule has 1 fully saturated rings. The number of nitrogens with two attached hydrogens (primary N) is 1. The van der Waals surface area contributed by atoms with Crippen LogP contribution in [0.4, 0.5) is 0 Å². The van der Waals surface area contributed by atoms with Crippen LogP contribution < -0.4 is 11.1 Å². The average Bonchev–Trinajstić information content (AvgIpc) is 3.37. The van der Waals surface area contributed by atoms with E-state index in [4.69, 9.17) is 5.73 Å². The summed E-state index contributed by atoms with van der Waals surface area (Å²) >= 11 is 3.30. The lowest BCUT2D eigenvalue weighted by Crippen LogP contribution is -2.39. The fraction of sp³-hybridized carbons (Fsp3) is 0.471. The second kappa shape index (κ2) is 8.29. The molecule has 0 spiro atoms. The minimum absolute atomic E-state index is 0. The van der Waals surface area contributed by atoms with Crippen molar-refractivity contribution in [1.82, 2.24) is 10.2 Å². The zero-order valence-electron chi connectivity index (χ0n) is 13.7. The molecule has 0 radical (unpaired) electrons. The first-order chi connectivity index (χ1) is 11.5. The molecule has 3 amide bonds. The quantitative estimate of drug-likeness (QED) is 0.648. The molecule has 1 aliphatic carbocycles. The molecule has 0 aromatic heterocycles. The lowest BCUT2D eigenvalue weighted by Gasteiger charge is -2.14. The number of amides is 3. The van der Waals surface area contributed by atoms with Crippen molar-refractivity contribution in [2.75, 3.05) is 13.1 Å². The first kappa shape index (κ1) is 19.9. The SMILES string of the molecule is Cl.NC(CNC(=O)CCCN1C(=O)c2ccc(Br)cc2C1=O)C1CC1. The number of rotatable bonds is 7. The number of benzene rings is 1. The van der Waals surface area contributed by atoms with Crippen molar-refractivity contribution < 1.29 is 14.4 Å². The number of nitrogens with zero attached hydrogens (tertiary/aromatic N) is 1. The van der Waals surface area contributed by atoms with Crippen LogP contribution in [0.2, 0.25) is 0 Å². The van der Waals surface area contributed by atoms with E-state index in [9.17, 15) is 14.4 Å². The van der Waals surface area contributed by atoms with E-state index in [-0.39, 0.29) is 49.1 Å². The minimum atomic E-state index is -0.299. The van der Waals surface area contributed by atoms with Crippen molar-refractivity contribution in [3.63, 3.8) is 0 Å². The molecule has 1 aromatic rings. The van der Waals surface area contributed by atoms with Crippen LogP contribution in [0.3, 0.4) is 0 Å². The Bertz CT molecular complexity index is 694. The molecule has 1 heterocycles. The summed E-state index contributed by atoms with van der Waals surface area (Å²) in [6, 6.07) is 5.07. The standard InChI is InChI=1S/C17H20BrN3O3.ClH/c18-11-5-6-12-13(8-11)17(24)21(16(12)23)7-1-2-15(22)20-9-14(19)10-3-4-10;/h5-6,8,10,14H,1-4,7,9,19H2,(H,20,22);1H. The van der Waals surface area contributed by atoms with Gasteiger partial charge in [-0.3, -0.25) is 19.3 Å². The minimum Gasteiger partial charge on any atom is -0.355 e. The topological polar surface area (TPSA) is 92.5 Å². The number of imide groups is 1. The highest BCUT2D eigenvalue weighted by atomic mass is 79.9. The van der Waals surface area contributed by atoms with Crippen molar-refractivity contribution >= 4 is 46.1 Å². The molecule has 1 saturated carbocycles. The molecule has 0 saturated heterocycles. The summed E-state index contributed by atoms with van der Waals surface area (Å²) in [5, 5.41) is 2.82. The van der Waals surface area contributed by atoms with E-state index in [0.29, 0.717) is 30.0 Å². The van der Waals surface area contributed by atoms with Gasteiger partial charge in [0.1, 0.15) is 0 Å². The fourth-order valence-corrected chi connectivity index (χ4v) is 3.24. The van der Waals surface area contributed by atoms with Crippen LogP contribution in [0, 0.1) is 5.92 Å². The summed E-state index contributed by atoms with van der Waals surface area (Å²) in [6.07, 6.45) is 3.01. The normalized spacial score (nSPS) is 17.1. The number of hydrogen-bond donors (Lipinski definition) is 2. The molecule has 1 atom stereocenters. The molecule has 1 unspecified atom stereocenters. The first-order valence-corrected chi connectivity index (χ1v) is 8.94. The second-order valence-electron chi connectivity index (χ2n) is 6.36. The van der Waals surface area contributed by atoms with Gasteiger partial charge in [0.2, 0.25) is 5.91 Å². The highest BCUT2D eigenvalue weighted by Gasteiger charge is 2.35. The summed E-state index contributed by atoms with van der Waals surface area (Å²) in [6.45, 7) is 0.733. The maximum absolute atomic E-state index is 12.3. The molecule has 3 N–H and O–H groups in total. The van der Waals surface area contributed by atoms with Crippen molar-refractivity contribution in [3.05, 3.63) is 33.8 Å². The van der Waals surface area contributed by atoms with Crippen LogP contribution in [-0.2, 0) is 4.79 Å². The number of halogens is 2. The zero-order valence-corrected chi connectivity index (χ0v) is 16.1. The molecule has 1 aromatic carbocycles. The number of carbonyl (C=O) groups is 3. The third-order valence-electron chi connectivity index (χ3n) is 4.48. The van der Waals surface area contributed by atoms with E-state index in [0.717, 1.165) is 17.3 Å². The predicted molar refractivity (Wildman–Crippen MR) is 99.7 cm³/mol. The Kier molecular flexibility index (Phi) is 6.59. The number of carbonyl (C=O) groups excluding carboxylic acids is 3. The highest BCUT2D eigenvalue weighted by molar-refractivity contribution is 9.10. The molecular formula is C17H21BrClN3O3. The summed E-state index contributed by atoms with van der Waals surface area (Å²) in [4.78, 5) is 37.6. The molecule has 8 heteroatoms. The van der Waals surface area contributed by atoms with Crippen LogP contribution in [0.25, 0.3) is 0 Å². The molecule has 1 aliphatic heterocycles. The number of nitrogens with one attached hydrogen (secondary N) is 1. The Hall–Kier alpha value is -1.44. The Labute approximate surface area is 161 Å². The van der Waals surface area contributed by atoms with E-state index in [1.165, 1.54) is 4.90 Å². The van der Waals surface area contributed by atoms with E-state index in [1.54, 1.807) is 18.2 Å². The highest BCUT2D eigenvalue weighted by Crippen LogP contribution is 2.31. The molecule has 25 heavy (non-hydrogen) atoms. The van der Waals surface area contributed by atoms with E-state index in [2.05, 4.69) is 21.2 Å². The van der Waals surface area contributed by atoms with Gasteiger partial charge >= 0.3 is 0 Å². The van der Waals surface area contributed by atoms with Gasteiger partial charge < -0.3 is 11.1 Å². The zero-order chi connectivity index (χ0) is 17.3. The molecule has 2 aliphatic rings. The Morgan fingerprint density at radius 2 is 1.96 bits per heavy atom. The van der Waals surface area contributed by atoms with Gasteiger partial charge in [0.15, 0.2) is 0 Å². The van der Waals surface area contributed by atoms with Crippen LogP contribution >= 0.6 is 28.3 Å². The van der Waals surface area contributed by atoms with Crippen LogP contribution in [-0.4, -0.2) is 41.8 Å². The van der Waals surface area contributed by atoms with Gasteiger partial charge in [0, 0.05) is 30.0 Å². The maximum atomic E-state index is 12.3. The number of hydrogen-bond acceptors (Lipinski definition) is 4. The van der Waals surface area contributed by atoms with Crippen molar-refractivity contribution in [2.24, 2.45) is 11.7 Å². The van der Waals surface area contributed by atoms with Gasteiger partial charge in [-0.15, -0.1) is 12.4 Å².